The molecule has 1 fully saturated rings. The number of aromatic nitrogens is 1. The molecule has 0 aromatic carbocycles. The first kappa shape index (κ1) is 5.18. The van der Waals surface area contributed by atoms with E-state index in [2.05, 4.69) is 17.1 Å². The molecular formula is C7H8NSi. The van der Waals surface area contributed by atoms with Crippen LogP contribution in [0.4, 0.5) is 0 Å². The van der Waals surface area contributed by atoms with Gasteiger partial charge in [0.1, 0.15) is 8.80 Å². The molecule has 2 heteroatoms. The number of hydrogen-bond donors (Lipinski definition) is 0. The molecule has 1 saturated heterocycles. The average Bonchev–Trinajstić information content (AvgIpc) is 2.71. The van der Waals surface area contributed by atoms with Crippen LogP contribution in [0.25, 0.3) is 0 Å². The molecule has 9 heavy (non-hydrogen) atoms. The first-order valence-corrected chi connectivity index (χ1v) is 5.14. The van der Waals surface area contributed by atoms with Gasteiger partial charge in [0.2, 0.25) is 0 Å². The molecule has 45 valence electrons. The molecule has 0 atom stereocenters. The van der Waals surface area contributed by atoms with Gasteiger partial charge in [-0.3, -0.25) is 4.98 Å². The van der Waals surface area contributed by atoms with E-state index in [9.17, 15) is 0 Å². The Kier molecular flexibility index (Phi) is 1.12. The monoisotopic (exact) mass is 134 g/mol. The third-order valence-corrected chi connectivity index (χ3v) is 3.55. The second-order valence-corrected chi connectivity index (χ2v) is 5.04. The van der Waals surface area contributed by atoms with Gasteiger partial charge in [-0.2, -0.15) is 0 Å². The summed E-state index contributed by atoms with van der Waals surface area (Å²) in [5.41, 5.74) is 0. The van der Waals surface area contributed by atoms with Crippen LogP contribution in [0.3, 0.4) is 0 Å². The zero-order chi connectivity index (χ0) is 6.10. The predicted octanol–water partition coefficient (Wildman–Crippen LogP) is 0.797. The van der Waals surface area contributed by atoms with E-state index in [0.29, 0.717) is 0 Å². The van der Waals surface area contributed by atoms with Crippen LogP contribution in [-0.4, -0.2) is 13.8 Å². The molecule has 1 aliphatic heterocycles. The van der Waals surface area contributed by atoms with Crippen molar-refractivity contribution in [2.75, 3.05) is 0 Å². The SMILES string of the molecule is c1ccc([Si]2CC2)nc1. The Morgan fingerprint density at radius 3 is 2.78 bits per heavy atom. The third-order valence-electron chi connectivity index (χ3n) is 1.53. The standard InChI is InChI=1S/C7H8NSi/c1-2-4-8-7(3-1)9-5-6-9/h1-4H,5-6H2. The summed E-state index contributed by atoms with van der Waals surface area (Å²) in [5.74, 6) is 0. The molecule has 0 bridgehead atoms. The quantitative estimate of drug-likeness (QED) is 0.518. The highest BCUT2D eigenvalue weighted by molar-refractivity contribution is 6.81. The summed E-state index contributed by atoms with van der Waals surface area (Å²) in [4.78, 5) is 4.29. The molecule has 1 aliphatic rings. The lowest BCUT2D eigenvalue weighted by Gasteiger charge is -1.90. The van der Waals surface area contributed by atoms with Gasteiger partial charge >= 0.3 is 0 Å². The minimum atomic E-state index is -0.0733. The van der Waals surface area contributed by atoms with Gasteiger partial charge in [0.15, 0.2) is 0 Å². The lowest BCUT2D eigenvalue weighted by molar-refractivity contribution is 1.38. The molecule has 0 unspecified atom stereocenters. The lowest BCUT2D eigenvalue weighted by Crippen LogP contribution is -2.17. The van der Waals surface area contributed by atoms with Crippen molar-refractivity contribution in [2.45, 2.75) is 12.1 Å². The smallest absolute Gasteiger partial charge is 0.110 e. The Labute approximate surface area is 56.4 Å². The third kappa shape index (κ3) is 1.03. The van der Waals surface area contributed by atoms with Crippen LogP contribution in [0, 0.1) is 0 Å². The van der Waals surface area contributed by atoms with E-state index in [0.717, 1.165) is 0 Å². The molecule has 1 radical (unpaired) electrons. The summed E-state index contributed by atoms with van der Waals surface area (Å²) in [6, 6.07) is 9.11. The van der Waals surface area contributed by atoms with Crippen molar-refractivity contribution in [3.63, 3.8) is 0 Å². The summed E-state index contributed by atoms with van der Waals surface area (Å²) < 4.78 is 0. The maximum absolute atomic E-state index is 4.29. The van der Waals surface area contributed by atoms with Crippen LogP contribution in [0.1, 0.15) is 0 Å². The van der Waals surface area contributed by atoms with Crippen LogP contribution in [0.15, 0.2) is 24.4 Å². The van der Waals surface area contributed by atoms with E-state index >= 15 is 0 Å². The zero-order valence-corrected chi connectivity index (χ0v) is 6.17. The van der Waals surface area contributed by atoms with Gasteiger partial charge in [0, 0.05) is 11.5 Å². The maximum atomic E-state index is 4.29. The molecule has 1 aromatic rings. The molecule has 0 N–H and O–H groups in total. The molecule has 1 nitrogen and oxygen atoms in total. The lowest BCUT2D eigenvalue weighted by atomic mass is 10.5. The summed E-state index contributed by atoms with van der Waals surface area (Å²) in [5, 5.41) is 1.38. The van der Waals surface area contributed by atoms with Gasteiger partial charge in [-0.15, -0.1) is 0 Å². The minimum absolute atomic E-state index is 0.0733. The van der Waals surface area contributed by atoms with Crippen molar-refractivity contribution in [3.8, 4) is 0 Å². The second-order valence-electron chi connectivity index (χ2n) is 2.32. The minimum Gasteiger partial charge on any atom is -0.266 e. The summed E-state index contributed by atoms with van der Waals surface area (Å²) >= 11 is 0. The molecule has 0 saturated carbocycles. The Hall–Kier alpha value is -0.633. The molecule has 2 heterocycles. The average molecular weight is 134 g/mol. The highest BCUT2D eigenvalue weighted by Crippen LogP contribution is 2.19. The largest absolute Gasteiger partial charge is 0.266 e. The number of pyridine rings is 1. The van der Waals surface area contributed by atoms with Gasteiger partial charge in [-0.05, 0) is 12.1 Å². The Morgan fingerprint density at radius 1 is 1.33 bits per heavy atom. The molecular weight excluding hydrogens is 126 g/mol. The Morgan fingerprint density at radius 2 is 2.22 bits per heavy atom. The number of nitrogens with zero attached hydrogens (tertiary/aromatic N) is 1. The topological polar surface area (TPSA) is 12.9 Å². The van der Waals surface area contributed by atoms with Crippen LogP contribution >= 0.6 is 0 Å². The fourth-order valence-corrected chi connectivity index (χ4v) is 2.49. The Bertz CT molecular complexity index is 193. The van der Waals surface area contributed by atoms with E-state index in [-0.39, 0.29) is 8.80 Å². The van der Waals surface area contributed by atoms with E-state index in [1.54, 1.807) is 0 Å². The molecule has 0 amide bonds. The van der Waals surface area contributed by atoms with Gasteiger partial charge in [0.25, 0.3) is 0 Å². The van der Waals surface area contributed by atoms with Crippen molar-refractivity contribution < 1.29 is 0 Å². The van der Waals surface area contributed by atoms with Gasteiger partial charge in [-0.1, -0.05) is 18.2 Å². The van der Waals surface area contributed by atoms with E-state index in [1.807, 2.05) is 12.3 Å². The maximum Gasteiger partial charge on any atom is 0.110 e. The first-order valence-electron chi connectivity index (χ1n) is 3.23. The molecule has 0 spiro atoms. The number of rotatable bonds is 1. The van der Waals surface area contributed by atoms with Crippen molar-refractivity contribution in [1.82, 2.24) is 4.98 Å². The molecule has 0 aliphatic carbocycles. The van der Waals surface area contributed by atoms with Crippen molar-refractivity contribution in [3.05, 3.63) is 24.4 Å². The van der Waals surface area contributed by atoms with Crippen molar-refractivity contribution in [1.29, 1.82) is 0 Å². The van der Waals surface area contributed by atoms with Crippen molar-refractivity contribution >= 4 is 14.1 Å². The normalized spacial score (nSPS) is 17.8. The fraction of sp³-hybridized carbons (Fsp3) is 0.286. The molecule has 1 aromatic heterocycles. The van der Waals surface area contributed by atoms with Crippen LogP contribution < -0.4 is 5.32 Å². The second kappa shape index (κ2) is 1.95. The van der Waals surface area contributed by atoms with Crippen LogP contribution in [-0.2, 0) is 0 Å². The fourth-order valence-electron chi connectivity index (χ4n) is 0.891. The summed E-state index contributed by atoms with van der Waals surface area (Å²) in [7, 11) is -0.0733. The summed E-state index contributed by atoms with van der Waals surface area (Å²) in [6.07, 6.45) is 1.89. The van der Waals surface area contributed by atoms with E-state index in [4.69, 9.17) is 0 Å². The van der Waals surface area contributed by atoms with E-state index < -0.39 is 0 Å². The van der Waals surface area contributed by atoms with Crippen LogP contribution in [0.5, 0.6) is 0 Å². The Balaban J connectivity index is 2.29. The predicted molar refractivity (Wildman–Crippen MR) is 39.2 cm³/mol. The van der Waals surface area contributed by atoms with Gasteiger partial charge in [0.05, 0.1) is 0 Å². The zero-order valence-electron chi connectivity index (χ0n) is 5.17. The highest BCUT2D eigenvalue weighted by atomic mass is 28.3. The molecule has 2 rings (SSSR count). The summed E-state index contributed by atoms with van der Waals surface area (Å²) in [6.45, 7) is 0. The first-order chi connectivity index (χ1) is 4.47. The highest BCUT2D eigenvalue weighted by Gasteiger charge is 2.26. The van der Waals surface area contributed by atoms with Gasteiger partial charge in [-0.25, -0.2) is 0 Å². The van der Waals surface area contributed by atoms with Crippen molar-refractivity contribution in [2.24, 2.45) is 0 Å². The van der Waals surface area contributed by atoms with Gasteiger partial charge < -0.3 is 0 Å². The van der Waals surface area contributed by atoms with E-state index in [1.165, 1.54) is 17.4 Å². The van der Waals surface area contributed by atoms with Crippen LogP contribution in [0.2, 0.25) is 12.1 Å². The number of hydrogen-bond acceptors (Lipinski definition) is 1.